The van der Waals surface area contributed by atoms with E-state index in [9.17, 15) is 23.3 Å². The number of amides is 1. The Morgan fingerprint density at radius 1 is 1.11 bits per heavy atom. The van der Waals surface area contributed by atoms with Gasteiger partial charge in [0.05, 0.1) is 15.9 Å². The van der Waals surface area contributed by atoms with Crippen molar-refractivity contribution in [2.45, 2.75) is 37.6 Å². The zero-order valence-electron chi connectivity index (χ0n) is 16.1. The monoisotopic (exact) mass is 404 g/mol. The molecule has 2 aromatic carbocycles. The number of nitro groups is 1. The van der Waals surface area contributed by atoms with Crippen molar-refractivity contribution in [1.82, 2.24) is 5.32 Å². The van der Waals surface area contributed by atoms with Gasteiger partial charge in [0, 0.05) is 24.0 Å². The van der Waals surface area contributed by atoms with E-state index in [1.54, 1.807) is 0 Å². The Hall–Kier alpha value is -2.74. The second-order valence-corrected chi connectivity index (χ2v) is 8.70. The first-order valence-electron chi connectivity index (χ1n) is 9.02. The fourth-order valence-electron chi connectivity index (χ4n) is 3.15. The van der Waals surface area contributed by atoms with Gasteiger partial charge in [-0.05, 0) is 17.5 Å². The number of nitro benzene ring substituents is 1. The van der Waals surface area contributed by atoms with E-state index >= 15 is 0 Å². The minimum absolute atomic E-state index is 0.0542. The summed E-state index contributed by atoms with van der Waals surface area (Å²) < 4.78 is 23.7. The summed E-state index contributed by atoms with van der Waals surface area (Å²) in [6.07, 6.45) is 2.62. The maximum atomic E-state index is 12.9. The molecule has 0 bridgehead atoms. The minimum Gasteiger partial charge on any atom is -0.345 e. The summed E-state index contributed by atoms with van der Waals surface area (Å²) in [4.78, 5) is 23.1. The van der Waals surface area contributed by atoms with Crippen LogP contribution < -0.4 is 5.32 Å². The number of hydrogen-bond acceptors (Lipinski definition) is 5. The standard InChI is InChI=1S/C20H24N2O5S/c1-4-14(5-2)19(15-9-7-6-8-10-15)21-20(23)16-11-17(22(24)25)13-18(12-16)28(3,26)27/h6-14,19H,4-5H2,1-3H3,(H,21,23). The SMILES string of the molecule is CCC(CC)C(NC(=O)c1cc([N+](=O)[O-])cc(S(C)(=O)=O)c1)c1ccccc1. The van der Waals surface area contributed by atoms with Crippen LogP contribution >= 0.6 is 0 Å². The molecule has 0 aliphatic heterocycles. The lowest BCUT2D eigenvalue weighted by Gasteiger charge is -2.27. The predicted molar refractivity (Wildman–Crippen MR) is 107 cm³/mol. The predicted octanol–water partition coefficient (Wildman–Crippen LogP) is 3.91. The van der Waals surface area contributed by atoms with Crippen LogP contribution in [0.2, 0.25) is 0 Å². The lowest BCUT2D eigenvalue weighted by molar-refractivity contribution is -0.385. The highest BCUT2D eigenvalue weighted by molar-refractivity contribution is 7.90. The van der Waals surface area contributed by atoms with E-state index in [4.69, 9.17) is 0 Å². The molecule has 28 heavy (non-hydrogen) atoms. The van der Waals surface area contributed by atoms with Crippen LogP contribution in [0.15, 0.2) is 53.4 Å². The Labute approximate surface area is 164 Å². The van der Waals surface area contributed by atoms with Crippen molar-refractivity contribution < 1.29 is 18.1 Å². The summed E-state index contributed by atoms with van der Waals surface area (Å²) in [5, 5.41) is 14.1. The van der Waals surface area contributed by atoms with Crippen molar-refractivity contribution in [3.05, 3.63) is 69.8 Å². The molecule has 150 valence electrons. The smallest absolute Gasteiger partial charge is 0.271 e. The molecule has 1 unspecified atom stereocenters. The highest BCUT2D eigenvalue weighted by atomic mass is 32.2. The van der Waals surface area contributed by atoms with Gasteiger partial charge in [0.25, 0.3) is 11.6 Å². The molecule has 0 saturated heterocycles. The summed E-state index contributed by atoms with van der Waals surface area (Å²) >= 11 is 0. The highest BCUT2D eigenvalue weighted by Crippen LogP contribution is 2.28. The summed E-state index contributed by atoms with van der Waals surface area (Å²) in [5.74, 6) is -0.381. The first-order valence-corrected chi connectivity index (χ1v) is 10.9. The molecule has 0 saturated carbocycles. The fraction of sp³-hybridized carbons (Fsp3) is 0.350. The van der Waals surface area contributed by atoms with Gasteiger partial charge >= 0.3 is 0 Å². The number of nitrogens with one attached hydrogen (secondary N) is 1. The number of sulfone groups is 1. The Bertz CT molecular complexity index is 954. The molecule has 0 fully saturated rings. The Kier molecular flexibility index (Phi) is 6.90. The molecule has 0 radical (unpaired) electrons. The van der Waals surface area contributed by atoms with Crippen molar-refractivity contribution in [3.8, 4) is 0 Å². The molecule has 2 aromatic rings. The zero-order valence-corrected chi connectivity index (χ0v) is 16.9. The summed E-state index contributed by atoms with van der Waals surface area (Å²) in [5.41, 5.74) is 0.437. The maximum absolute atomic E-state index is 12.9. The van der Waals surface area contributed by atoms with Crippen LogP contribution in [0, 0.1) is 16.0 Å². The largest absolute Gasteiger partial charge is 0.345 e. The van der Waals surface area contributed by atoms with Crippen molar-refractivity contribution in [1.29, 1.82) is 0 Å². The lowest BCUT2D eigenvalue weighted by Crippen LogP contribution is -2.33. The average Bonchev–Trinajstić information content (AvgIpc) is 2.67. The second-order valence-electron chi connectivity index (χ2n) is 6.68. The molecule has 0 aliphatic rings. The van der Waals surface area contributed by atoms with Gasteiger partial charge in [-0.1, -0.05) is 57.0 Å². The van der Waals surface area contributed by atoms with Gasteiger partial charge in [0.2, 0.25) is 0 Å². The number of carbonyl (C=O) groups excluding carboxylic acids is 1. The molecule has 2 rings (SSSR count). The van der Waals surface area contributed by atoms with E-state index in [1.165, 1.54) is 6.07 Å². The van der Waals surface area contributed by atoms with Gasteiger partial charge in [-0.25, -0.2) is 8.42 Å². The van der Waals surface area contributed by atoms with Crippen LogP contribution in [-0.2, 0) is 9.84 Å². The molecule has 8 heteroatoms. The van der Waals surface area contributed by atoms with Gasteiger partial charge in [-0.3, -0.25) is 14.9 Å². The number of hydrogen-bond donors (Lipinski definition) is 1. The molecule has 1 atom stereocenters. The average molecular weight is 404 g/mol. The minimum atomic E-state index is -3.71. The normalized spacial score (nSPS) is 12.6. The molecule has 7 nitrogen and oxygen atoms in total. The molecular formula is C20H24N2O5S. The molecular weight excluding hydrogens is 380 g/mol. The van der Waals surface area contributed by atoms with Gasteiger partial charge in [0.15, 0.2) is 9.84 Å². The van der Waals surface area contributed by atoms with Crippen LogP contribution in [0.5, 0.6) is 0 Å². The van der Waals surface area contributed by atoms with Crippen LogP contribution in [0.25, 0.3) is 0 Å². The van der Waals surface area contributed by atoms with E-state index in [-0.39, 0.29) is 22.4 Å². The highest BCUT2D eigenvalue weighted by Gasteiger charge is 2.25. The molecule has 0 heterocycles. The molecule has 0 spiro atoms. The van der Waals surface area contributed by atoms with Gasteiger partial charge in [-0.2, -0.15) is 0 Å². The summed E-state index contributed by atoms with van der Waals surface area (Å²) in [7, 11) is -3.71. The number of carbonyl (C=O) groups is 1. The Balaban J connectivity index is 2.45. The number of rotatable bonds is 8. The van der Waals surface area contributed by atoms with Crippen molar-refractivity contribution >= 4 is 21.4 Å². The third-order valence-electron chi connectivity index (χ3n) is 4.76. The van der Waals surface area contributed by atoms with E-state index in [2.05, 4.69) is 5.32 Å². The van der Waals surface area contributed by atoms with E-state index in [1.807, 2.05) is 44.2 Å². The topological polar surface area (TPSA) is 106 Å². The summed E-state index contributed by atoms with van der Waals surface area (Å²) in [6, 6.07) is 12.4. The maximum Gasteiger partial charge on any atom is 0.271 e. The first kappa shape index (κ1) is 21.6. The van der Waals surface area contributed by atoms with Crippen LogP contribution in [0.1, 0.15) is 48.7 Å². The number of non-ortho nitro benzene ring substituents is 1. The van der Waals surface area contributed by atoms with Gasteiger partial charge < -0.3 is 5.32 Å². The second kappa shape index (κ2) is 8.97. The summed E-state index contributed by atoms with van der Waals surface area (Å²) in [6.45, 7) is 4.07. The first-order chi connectivity index (χ1) is 13.2. The van der Waals surface area contributed by atoms with E-state index < -0.39 is 26.4 Å². The number of nitrogens with zero attached hydrogens (tertiary/aromatic N) is 1. The lowest BCUT2D eigenvalue weighted by atomic mass is 9.88. The van der Waals surface area contributed by atoms with Crippen LogP contribution in [0.3, 0.4) is 0 Å². The third kappa shape index (κ3) is 5.16. The van der Waals surface area contributed by atoms with E-state index in [0.29, 0.717) is 0 Å². The van der Waals surface area contributed by atoms with E-state index in [0.717, 1.165) is 36.8 Å². The van der Waals surface area contributed by atoms with Crippen molar-refractivity contribution in [2.24, 2.45) is 5.92 Å². The van der Waals surface area contributed by atoms with Crippen LogP contribution in [-0.4, -0.2) is 25.5 Å². The molecule has 0 aromatic heterocycles. The van der Waals surface area contributed by atoms with Crippen LogP contribution in [0.4, 0.5) is 5.69 Å². The van der Waals surface area contributed by atoms with Crippen molar-refractivity contribution in [3.63, 3.8) is 0 Å². The van der Waals surface area contributed by atoms with Gasteiger partial charge in [-0.15, -0.1) is 0 Å². The quantitative estimate of drug-likeness (QED) is 0.530. The fourth-order valence-corrected chi connectivity index (χ4v) is 3.83. The van der Waals surface area contributed by atoms with Gasteiger partial charge in [0.1, 0.15) is 0 Å². The third-order valence-corrected chi connectivity index (χ3v) is 5.85. The zero-order chi connectivity index (χ0) is 20.9. The molecule has 0 aliphatic carbocycles. The number of benzene rings is 2. The Morgan fingerprint density at radius 2 is 1.71 bits per heavy atom. The molecule has 1 N–H and O–H groups in total. The molecule has 1 amide bonds. The Morgan fingerprint density at radius 3 is 2.21 bits per heavy atom. The van der Waals surface area contributed by atoms with Crippen molar-refractivity contribution in [2.75, 3.05) is 6.26 Å².